The Labute approximate surface area is 165 Å². The van der Waals surface area contributed by atoms with Crippen LogP contribution in [0.1, 0.15) is 15.9 Å². The standard InChI is InChI=1S/C18H19BrN2O4S/c1-11-3-5-15(22)14(9-11)20-18(26)21-17(23)13-10-12(19)4-6-16(13)25-8-7-24-2/h3-6,9-10,22H,7-8H2,1-2H3,(H2,20,21,23,26). The molecule has 6 nitrogen and oxygen atoms in total. The van der Waals surface area contributed by atoms with Crippen LogP contribution in [-0.4, -0.2) is 36.4 Å². The van der Waals surface area contributed by atoms with Crippen LogP contribution in [0.4, 0.5) is 5.69 Å². The van der Waals surface area contributed by atoms with Crippen LogP contribution >= 0.6 is 28.1 Å². The van der Waals surface area contributed by atoms with Crippen LogP contribution < -0.4 is 15.4 Å². The van der Waals surface area contributed by atoms with Gasteiger partial charge in [-0.05, 0) is 55.0 Å². The number of amides is 1. The topological polar surface area (TPSA) is 79.8 Å². The van der Waals surface area contributed by atoms with Gasteiger partial charge >= 0.3 is 0 Å². The summed E-state index contributed by atoms with van der Waals surface area (Å²) in [7, 11) is 1.57. The number of aryl methyl sites for hydroxylation is 1. The van der Waals surface area contributed by atoms with Crippen molar-refractivity contribution >= 4 is 44.9 Å². The zero-order chi connectivity index (χ0) is 19.1. The molecule has 0 fully saturated rings. The number of methoxy groups -OCH3 is 1. The summed E-state index contributed by atoms with van der Waals surface area (Å²) in [6, 6.07) is 10.2. The Bertz CT molecular complexity index is 814. The molecule has 26 heavy (non-hydrogen) atoms. The Hall–Kier alpha value is -2.16. The second kappa shape index (κ2) is 9.51. The second-order valence-electron chi connectivity index (χ2n) is 5.41. The third-order valence-corrected chi connectivity index (χ3v) is 4.06. The van der Waals surface area contributed by atoms with E-state index in [9.17, 15) is 9.90 Å². The first kappa shape index (κ1) is 20.2. The molecule has 0 radical (unpaired) electrons. The predicted octanol–water partition coefficient (Wildman–Crippen LogP) is 3.62. The number of halogens is 1. The van der Waals surface area contributed by atoms with E-state index in [-0.39, 0.29) is 10.9 Å². The molecule has 0 saturated carbocycles. The quantitative estimate of drug-likeness (QED) is 0.363. The number of ether oxygens (including phenoxy) is 2. The Morgan fingerprint density at radius 3 is 2.73 bits per heavy atom. The smallest absolute Gasteiger partial charge is 0.261 e. The molecule has 0 atom stereocenters. The maximum absolute atomic E-state index is 12.6. The first-order chi connectivity index (χ1) is 12.4. The molecule has 0 bridgehead atoms. The number of carbonyl (C=O) groups excluding carboxylic acids is 1. The third kappa shape index (κ3) is 5.69. The number of nitrogens with one attached hydrogen (secondary N) is 2. The van der Waals surface area contributed by atoms with Crippen molar-refractivity contribution in [1.29, 1.82) is 0 Å². The molecule has 2 rings (SSSR count). The lowest BCUT2D eigenvalue weighted by Gasteiger charge is -2.14. The predicted molar refractivity (Wildman–Crippen MR) is 108 cm³/mol. The van der Waals surface area contributed by atoms with Crippen LogP contribution in [0, 0.1) is 6.92 Å². The number of rotatable bonds is 6. The van der Waals surface area contributed by atoms with Gasteiger partial charge in [0.25, 0.3) is 5.91 Å². The lowest BCUT2D eigenvalue weighted by molar-refractivity contribution is 0.0969. The zero-order valence-electron chi connectivity index (χ0n) is 14.3. The van der Waals surface area contributed by atoms with Gasteiger partial charge in [-0.2, -0.15) is 0 Å². The Morgan fingerprint density at radius 1 is 1.23 bits per heavy atom. The minimum absolute atomic E-state index is 0.0400. The summed E-state index contributed by atoms with van der Waals surface area (Å²) in [4.78, 5) is 12.6. The zero-order valence-corrected chi connectivity index (χ0v) is 16.7. The second-order valence-corrected chi connectivity index (χ2v) is 6.73. The van der Waals surface area contributed by atoms with Gasteiger partial charge in [-0.3, -0.25) is 10.1 Å². The van der Waals surface area contributed by atoms with Crippen molar-refractivity contribution in [3.8, 4) is 11.5 Å². The molecule has 3 N–H and O–H groups in total. The summed E-state index contributed by atoms with van der Waals surface area (Å²) in [6.07, 6.45) is 0. The van der Waals surface area contributed by atoms with Crippen molar-refractivity contribution in [2.45, 2.75) is 6.92 Å². The van der Waals surface area contributed by atoms with Crippen molar-refractivity contribution in [1.82, 2.24) is 5.32 Å². The molecule has 8 heteroatoms. The average Bonchev–Trinajstić information content (AvgIpc) is 2.59. The van der Waals surface area contributed by atoms with Gasteiger partial charge in [0.05, 0.1) is 17.9 Å². The van der Waals surface area contributed by atoms with E-state index in [0.29, 0.717) is 30.2 Å². The van der Waals surface area contributed by atoms with Gasteiger partial charge in [0.15, 0.2) is 5.11 Å². The van der Waals surface area contributed by atoms with Crippen molar-refractivity contribution < 1.29 is 19.4 Å². The number of hydrogen-bond donors (Lipinski definition) is 3. The summed E-state index contributed by atoms with van der Waals surface area (Å²) < 4.78 is 11.3. The molecule has 0 aromatic heterocycles. The molecule has 138 valence electrons. The van der Waals surface area contributed by atoms with Crippen LogP contribution in [-0.2, 0) is 4.74 Å². The highest BCUT2D eigenvalue weighted by Gasteiger charge is 2.15. The fraction of sp³-hybridized carbons (Fsp3) is 0.222. The highest BCUT2D eigenvalue weighted by Crippen LogP contribution is 2.25. The molecular weight excluding hydrogens is 420 g/mol. The van der Waals surface area contributed by atoms with Crippen molar-refractivity contribution in [3.05, 3.63) is 52.0 Å². The van der Waals surface area contributed by atoms with Crippen LogP contribution in [0.15, 0.2) is 40.9 Å². The van der Waals surface area contributed by atoms with Gasteiger partial charge < -0.3 is 19.9 Å². The number of phenolic OH excluding ortho intramolecular Hbond substituents is 1. The number of hydrogen-bond acceptors (Lipinski definition) is 5. The molecule has 0 aliphatic heterocycles. The van der Waals surface area contributed by atoms with Crippen LogP contribution in [0.3, 0.4) is 0 Å². The number of aromatic hydroxyl groups is 1. The van der Waals surface area contributed by atoms with Gasteiger partial charge in [-0.15, -0.1) is 0 Å². The van der Waals surface area contributed by atoms with E-state index >= 15 is 0 Å². The number of anilines is 1. The maximum atomic E-state index is 12.6. The first-order valence-corrected chi connectivity index (χ1v) is 8.94. The normalized spacial score (nSPS) is 10.3. The van der Waals surface area contributed by atoms with Crippen LogP contribution in [0.2, 0.25) is 0 Å². The molecule has 1 amide bonds. The van der Waals surface area contributed by atoms with Crippen molar-refractivity contribution in [2.75, 3.05) is 25.6 Å². The van der Waals surface area contributed by atoms with Gasteiger partial charge in [-0.25, -0.2) is 0 Å². The molecule has 0 heterocycles. The Kier molecular flexibility index (Phi) is 7.38. The van der Waals surface area contributed by atoms with Crippen LogP contribution in [0.25, 0.3) is 0 Å². The molecule has 0 unspecified atom stereocenters. The van der Waals surface area contributed by atoms with Gasteiger partial charge in [-0.1, -0.05) is 22.0 Å². The SMILES string of the molecule is COCCOc1ccc(Br)cc1C(=O)NC(=S)Nc1cc(C)ccc1O. The number of carbonyl (C=O) groups is 1. The molecule has 0 saturated heterocycles. The molecular formula is C18H19BrN2O4S. The summed E-state index contributed by atoms with van der Waals surface area (Å²) in [5.74, 6) is 0.0329. The summed E-state index contributed by atoms with van der Waals surface area (Å²) in [5.41, 5.74) is 1.69. The van der Waals surface area contributed by atoms with E-state index in [1.807, 2.05) is 6.92 Å². The van der Waals surface area contributed by atoms with E-state index < -0.39 is 5.91 Å². The fourth-order valence-corrected chi connectivity index (χ4v) is 2.68. The summed E-state index contributed by atoms with van der Waals surface area (Å²) >= 11 is 8.51. The number of phenols is 1. The van der Waals surface area contributed by atoms with Crippen molar-refractivity contribution in [3.63, 3.8) is 0 Å². The maximum Gasteiger partial charge on any atom is 0.261 e. The average molecular weight is 439 g/mol. The lowest BCUT2D eigenvalue weighted by atomic mass is 10.2. The first-order valence-electron chi connectivity index (χ1n) is 7.74. The van der Waals surface area contributed by atoms with Gasteiger partial charge in [0.1, 0.15) is 18.1 Å². The van der Waals surface area contributed by atoms with E-state index in [0.717, 1.165) is 10.0 Å². The highest BCUT2D eigenvalue weighted by molar-refractivity contribution is 9.10. The van der Waals surface area contributed by atoms with E-state index in [2.05, 4.69) is 26.6 Å². The van der Waals surface area contributed by atoms with E-state index in [1.165, 1.54) is 0 Å². The molecule has 0 aliphatic carbocycles. The Morgan fingerprint density at radius 2 is 2.00 bits per heavy atom. The van der Waals surface area contributed by atoms with Gasteiger partial charge in [0, 0.05) is 11.6 Å². The minimum Gasteiger partial charge on any atom is -0.506 e. The van der Waals surface area contributed by atoms with E-state index in [1.54, 1.807) is 43.5 Å². The monoisotopic (exact) mass is 438 g/mol. The fourth-order valence-electron chi connectivity index (χ4n) is 2.11. The minimum atomic E-state index is -0.427. The number of thiocarbonyl (C=S) groups is 1. The van der Waals surface area contributed by atoms with Crippen LogP contribution in [0.5, 0.6) is 11.5 Å². The molecule has 0 spiro atoms. The number of benzene rings is 2. The summed E-state index contributed by atoms with van der Waals surface area (Å²) in [5, 5.41) is 15.3. The molecule has 2 aromatic rings. The van der Waals surface area contributed by atoms with Crippen molar-refractivity contribution in [2.24, 2.45) is 0 Å². The summed E-state index contributed by atoms with van der Waals surface area (Å²) in [6.45, 7) is 2.61. The highest BCUT2D eigenvalue weighted by atomic mass is 79.9. The van der Waals surface area contributed by atoms with E-state index in [4.69, 9.17) is 21.7 Å². The molecule has 0 aliphatic rings. The lowest BCUT2D eigenvalue weighted by Crippen LogP contribution is -2.34. The largest absolute Gasteiger partial charge is 0.506 e. The van der Waals surface area contributed by atoms with Gasteiger partial charge in [0.2, 0.25) is 0 Å². The third-order valence-electron chi connectivity index (χ3n) is 3.36. The Balaban J connectivity index is 2.09. The molecule has 2 aromatic carbocycles.